The summed E-state index contributed by atoms with van der Waals surface area (Å²) in [6.45, 7) is 8.92. The molecule has 3 aliphatic rings. The van der Waals surface area contributed by atoms with Gasteiger partial charge in [0, 0.05) is 12.2 Å². The highest BCUT2D eigenvalue weighted by Crippen LogP contribution is 2.44. The molecule has 34 heavy (non-hydrogen) atoms. The fraction of sp³-hybridized carbons (Fsp3) is 0.720. The topological polar surface area (TPSA) is 68.5 Å². The maximum absolute atomic E-state index is 13.4. The fourth-order valence-electron chi connectivity index (χ4n) is 5.36. The summed E-state index contributed by atoms with van der Waals surface area (Å²) in [5, 5.41) is 13.8. The van der Waals surface area contributed by atoms with Gasteiger partial charge in [0.25, 0.3) is 0 Å². The van der Waals surface area contributed by atoms with Crippen molar-refractivity contribution < 1.29 is 23.1 Å². The average Bonchev–Trinajstić information content (AvgIpc) is 3.05. The number of aliphatic imine (C=N–C) groups is 1. The van der Waals surface area contributed by atoms with Crippen LogP contribution in [-0.2, 0) is 0 Å². The van der Waals surface area contributed by atoms with Crippen LogP contribution >= 0.6 is 0 Å². The second kappa shape index (κ2) is 10.1. The summed E-state index contributed by atoms with van der Waals surface area (Å²) in [4.78, 5) is 18.7. The second-order valence-electron chi connectivity index (χ2n) is 10.6. The molecule has 1 fully saturated rings. The van der Waals surface area contributed by atoms with Crippen LogP contribution in [0.3, 0.4) is 0 Å². The lowest BCUT2D eigenvalue weighted by molar-refractivity contribution is -0.0620. The molecule has 0 radical (unpaired) electrons. The molecular formula is C25H37F3N4O2. The van der Waals surface area contributed by atoms with Gasteiger partial charge in [-0.05, 0) is 69.8 Å². The van der Waals surface area contributed by atoms with E-state index in [0.717, 1.165) is 38.6 Å². The number of allylic oxidation sites excluding steroid dienone is 2. The molecule has 0 aromatic heterocycles. The first-order chi connectivity index (χ1) is 15.8. The molecule has 6 nitrogen and oxygen atoms in total. The zero-order valence-corrected chi connectivity index (χ0v) is 20.7. The van der Waals surface area contributed by atoms with Crippen molar-refractivity contribution in [3.63, 3.8) is 0 Å². The summed E-state index contributed by atoms with van der Waals surface area (Å²) in [7, 11) is 0. The molecule has 1 saturated carbocycles. The predicted octanol–water partition coefficient (Wildman–Crippen LogP) is 6.61. The van der Waals surface area contributed by atoms with Gasteiger partial charge in [0.2, 0.25) is 0 Å². The minimum absolute atomic E-state index is 0.0209. The molecule has 0 aromatic rings. The highest BCUT2D eigenvalue weighted by molar-refractivity contribution is 5.90. The summed E-state index contributed by atoms with van der Waals surface area (Å²) >= 11 is 0. The summed E-state index contributed by atoms with van der Waals surface area (Å²) in [6, 6.07) is 0. The van der Waals surface area contributed by atoms with Crippen LogP contribution < -0.4 is 0 Å². The van der Waals surface area contributed by atoms with E-state index in [2.05, 4.69) is 42.9 Å². The predicted molar refractivity (Wildman–Crippen MR) is 128 cm³/mol. The number of hydrazone groups is 1. The summed E-state index contributed by atoms with van der Waals surface area (Å²) < 4.78 is 40.2. The Bertz CT molecular complexity index is 895. The highest BCUT2D eigenvalue weighted by Gasteiger charge is 2.42. The number of nitrogens with zero attached hydrogens (tertiary/aromatic N) is 4. The summed E-state index contributed by atoms with van der Waals surface area (Å²) in [5.41, 5.74) is 1.03. The second-order valence-corrected chi connectivity index (χ2v) is 10.6. The van der Waals surface area contributed by atoms with Gasteiger partial charge in [-0.15, -0.1) is 0 Å². The van der Waals surface area contributed by atoms with E-state index < -0.39 is 18.0 Å². The Morgan fingerprint density at radius 2 is 2.12 bits per heavy atom. The molecule has 0 spiro atoms. The molecule has 3 atom stereocenters. The molecule has 3 rings (SSSR count). The number of hydrogen-bond donors (Lipinski definition) is 1. The number of alkyl halides is 3. The van der Waals surface area contributed by atoms with Gasteiger partial charge in [0.05, 0.1) is 12.9 Å². The summed E-state index contributed by atoms with van der Waals surface area (Å²) in [6.07, 6.45) is 5.07. The standard InChI is InChI=1S/C25H37F3N4O2/c1-5-6-9-20(25(26,27)28)30-32(22(33)34)15-19-8-7-11-23(3,14-19)16-31-17-29-24(4)12-10-18(2)13-21(24)31/h10,13,17,19H,5-9,11-12,14-16H2,1-4H3,(H,33,34)/b30-20+. The number of carbonyl (C=O) groups is 1. The molecule has 9 heteroatoms. The van der Waals surface area contributed by atoms with Gasteiger partial charge in [-0.25, -0.2) is 4.79 Å². The van der Waals surface area contributed by atoms with Crippen molar-refractivity contribution in [1.82, 2.24) is 9.91 Å². The number of fused-ring (bicyclic) bond motifs is 1. The number of hydrogen-bond acceptors (Lipinski definition) is 4. The molecule has 1 amide bonds. The third-order valence-corrected chi connectivity index (χ3v) is 7.24. The number of rotatable bonds is 8. The lowest BCUT2D eigenvalue weighted by atomic mass is 9.70. The minimum Gasteiger partial charge on any atom is -0.464 e. The SMILES string of the molecule is CCCC/C(=N\N(CC1CCCC(C)(CN2C=NC3(C)CC=C(C)C=C23)C1)C(=O)O)C(F)(F)F. The minimum atomic E-state index is -4.63. The molecule has 1 N–H and O–H groups in total. The van der Waals surface area contributed by atoms with E-state index in [-0.39, 0.29) is 29.8 Å². The van der Waals surface area contributed by atoms with E-state index in [1.165, 1.54) is 11.3 Å². The largest absolute Gasteiger partial charge is 0.464 e. The van der Waals surface area contributed by atoms with E-state index in [1.54, 1.807) is 6.92 Å². The average molecular weight is 483 g/mol. The van der Waals surface area contributed by atoms with Crippen LogP contribution in [0, 0.1) is 11.3 Å². The third-order valence-electron chi connectivity index (χ3n) is 7.24. The summed E-state index contributed by atoms with van der Waals surface area (Å²) in [5.74, 6) is -0.0489. The molecule has 1 aliphatic heterocycles. The molecule has 190 valence electrons. The van der Waals surface area contributed by atoms with E-state index >= 15 is 0 Å². The highest BCUT2D eigenvalue weighted by atomic mass is 19.4. The van der Waals surface area contributed by atoms with Crippen molar-refractivity contribution in [3.8, 4) is 0 Å². The first kappa shape index (κ1) is 26.3. The van der Waals surface area contributed by atoms with E-state index in [9.17, 15) is 23.1 Å². The maximum atomic E-state index is 13.4. The van der Waals surface area contributed by atoms with Crippen LogP contribution in [-0.4, -0.2) is 58.0 Å². The van der Waals surface area contributed by atoms with Gasteiger partial charge in [0.15, 0.2) is 0 Å². The quantitative estimate of drug-likeness (QED) is 0.313. The normalized spacial score (nSPS) is 29.6. The Morgan fingerprint density at radius 3 is 2.76 bits per heavy atom. The molecule has 1 heterocycles. The van der Waals surface area contributed by atoms with Gasteiger partial charge in [-0.2, -0.15) is 23.3 Å². The van der Waals surface area contributed by atoms with Crippen molar-refractivity contribution in [2.24, 2.45) is 21.4 Å². The van der Waals surface area contributed by atoms with Gasteiger partial charge in [0.1, 0.15) is 11.3 Å². The number of carboxylic acid groups (broad SMARTS) is 1. The van der Waals surface area contributed by atoms with Crippen molar-refractivity contribution in [3.05, 3.63) is 23.4 Å². The van der Waals surface area contributed by atoms with Crippen molar-refractivity contribution in [1.29, 1.82) is 0 Å². The van der Waals surface area contributed by atoms with Crippen LogP contribution in [0.4, 0.5) is 18.0 Å². The number of unbranched alkanes of at least 4 members (excludes halogenated alkanes) is 1. The van der Waals surface area contributed by atoms with E-state index in [1.807, 2.05) is 6.34 Å². The Balaban J connectivity index is 1.71. The van der Waals surface area contributed by atoms with Crippen LogP contribution in [0.15, 0.2) is 33.5 Å². The molecule has 0 aromatic carbocycles. The van der Waals surface area contributed by atoms with E-state index in [0.29, 0.717) is 17.9 Å². The smallest absolute Gasteiger partial charge is 0.431 e. The third kappa shape index (κ3) is 6.21. The van der Waals surface area contributed by atoms with Crippen molar-refractivity contribution in [2.75, 3.05) is 13.1 Å². The van der Waals surface area contributed by atoms with Gasteiger partial charge in [-0.3, -0.25) is 4.99 Å². The van der Waals surface area contributed by atoms with Gasteiger partial charge >= 0.3 is 12.3 Å². The Labute approximate surface area is 200 Å². The van der Waals surface area contributed by atoms with Crippen LogP contribution in [0.25, 0.3) is 0 Å². The van der Waals surface area contributed by atoms with Crippen molar-refractivity contribution in [2.45, 2.75) is 90.8 Å². The number of halogens is 3. The lowest BCUT2D eigenvalue weighted by Crippen LogP contribution is -2.42. The lowest BCUT2D eigenvalue weighted by Gasteiger charge is -2.42. The molecule has 3 unspecified atom stereocenters. The Hall–Kier alpha value is -2.32. The molecule has 0 saturated heterocycles. The van der Waals surface area contributed by atoms with Gasteiger partial charge < -0.3 is 10.0 Å². The molecule has 0 bridgehead atoms. The van der Waals surface area contributed by atoms with Crippen LogP contribution in [0.2, 0.25) is 0 Å². The van der Waals surface area contributed by atoms with Gasteiger partial charge in [-0.1, -0.05) is 38.3 Å². The van der Waals surface area contributed by atoms with E-state index in [4.69, 9.17) is 4.99 Å². The fourth-order valence-corrected chi connectivity index (χ4v) is 5.36. The maximum Gasteiger partial charge on any atom is 0.431 e. The van der Waals surface area contributed by atoms with Crippen LogP contribution in [0.1, 0.15) is 79.1 Å². The molecule has 2 aliphatic carbocycles. The molecular weight excluding hydrogens is 445 g/mol. The number of amides is 1. The van der Waals surface area contributed by atoms with Crippen LogP contribution in [0.5, 0.6) is 0 Å². The zero-order valence-electron chi connectivity index (χ0n) is 20.7. The first-order valence-corrected chi connectivity index (χ1v) is 12.2. The first-order valence-electron chi connectivity index (χ1n) is 12.2. The monoisotopic (exact) mass is 482 g/mol. The zero-order chi connectivity index (χ0) is 25.1. The Morgan fingerprint density at radius 1 is 1.38 bits per heavy atom. The van der Waals surface area contributed by atoms with Crippen molar-refractivity contribution >= 4 is 18.1 Å². The Kier molecular flexibility index (Phi) is 7.82.